The lowest BCUT2D eigenvalue weighted by atomic mass is 9.92. The van der Waals surface area contributed by atoms with Crippen molar-refractivity contribution >= 4 is 16.5 Å². The van der Waals surface area contributed by atoms with Crippen molar-refractivity contribution in [1.82, 2.24) is 9.13 Å². The maximum atomic E-state index is 8.92. The lowest BCUT2D eigenvalue weighted by molar-refractivity contribution is -0.664. The van der Waals surface area contributed by atoms with Crippen LogP contribution in [0.15, 0.2) is 60.9 Å². The minimum absolute atomic E-state index is 0.826. The number of nitrogens with zero attached hydrogens (tertiary/aromatic N) is 3. The van der Waals surface area contributed by atoms with Crippen LogP contribution in [0.2, 0.25) is 0 Å². The van der Waals surface area contributed by atoms with Crippen LogP contribution in [0.5, 0.6) is 0 Å². The normalized spacial score (nSPS) is 14.1. The molecule has 0 aliphatic carbocycles. The maximum absolute atomic E-state index is 8.92. The summed E-state index contributed by atoms with van der Waals surface area (Å²) in [5.41, 5.74) is 7.42. The highest BCUT2D eigenvalue weighted by Crippen LogP contribution is 2.35. The topological polar surface area (TPSA) is 13.7 Å². The number of rotatable bonds is 5. The van der Waals surface area contributed by atoms with Gasteiger partial charge in [0.25, 0.3) is 0 Å². The highest BCUT2D eigenvalue weighted by molar-refractivity contribution is 5.89. The number of hydrogen-bond acceptors (Lipinski definition) is 0. The van der Waals surface area contributed by atoms with E-state index in [0.29, 0.717) is 0 Å². The Labute approximate surface area is 195 Å². The van der Waals surface area contributed by atoms with Gasteiger partial charge >= 0.3 is 5.95 Å². The maximum Gasteiger partial charge on any atom is 0.374 e. The molecule has 4 rings (SSSR count). The summed E-state index contributed by atoms with van der Waals surface area (Å²) in [6.07, 6.45) is 6.27. The van der Waals surface area contributed by atoms with Crippen LogP contribution in [0, 0.1) is 6.92 Å². The Morgan fingerprint density at radius 2 is 1.66 bits per heavy atom. The molecule has 0 radical (unpaired) electrons. The standard InChI is InChI=1S/C29H36N3/c1-9-21(6)26-18-23-13-10-12-22(7)27(23)32(26)29-30(8)16-17-31(29)28-24(19(2)3)14-11-15-25(28)20(4)5/h9-20H,1-8H3/q+1/i19D,20D. The molecule has 0 amide bonds. The summed E-state index contributed by atoms with van der Waals surface area (Å²) in [6, 6.07) is 14.7. The summed E-state index contributed by atoms with van der Waals surface area (Å²) in [4.78, 5) is 0. The molecular formula is C29H36N3+. The summed E-state index contributed by atoms with van der Waals surface area (Å²) < 4.78 is 24.5. The summed E-state index contributed by atoms with van der Waals surface area (Å²) in [5, 5.41) is 1.19. The third-order valence-electron chi connectivity index (χ3n) is 6.39. The van der Waals surface area contributed by atoms with Gasteiger partial charge < -0.3 is 0 Å². The Kier molecular flexibility index (Phi) is 5.18. The fourth-order valence-corrected chi connectivity index (χ4v) is 4.60. The predicted octanol–water partition coefficient (Wildman–Crippen LogP) is 7.22. The largest absolute Gasteiger partial charge is 0.374 e. The molecule has 32 heavy (non-hydrogen) atoms. The molecule has 0 aliphatic heterocycles. The molecule has 0 aliphatic rings. The van der Waals surface area contributed by atoms with E-state index in [9.17, 15) is 0 Å². The molecular weight excluding hydrogens is 390 g/mol. The van der Waals surface area contributed by atoms with Crippen molar-refractivity contribution in [1.29, 1.82) is 0 Å². The van der Waals surface area contributed by atoms with Crippen LogP contribution in [-0.2, 0) is 7.05 Å². The van der Waals surface area contributed by atoms with Gasteiger partial charge in [0.2, 0.25) is 0 Å². The number of allylic oxidation sites excluding steroid dienone is 2. The van der Waals surface area contributed by atoms with Crippen LogP contribution in [0.25, 0.3) is 28.1 Å². The van der Waals surface area contributed by atoms with Crippen molar-refractivity contribution in [2.24, 2.45) is 7.05 Å². The van der Waals surface area contributed by atoms with E-state index in [1.807, 2.05) is 45.9 Å². The van der Waals surface area contributed by atoms with Gasteiger partial charge in [0, 0.05) is 8.13 Å². The third kappa shape index (κ3) is 3.50. The van der Waals surface area contributed by atoms with Crippen molar-refractivity contribution in [3.05, 3.63) is 83.3 Å². The van der Waals surface area contributed by atoms with E-state index in [1.54, 1.807) is 0 Å². The van der Waals surface area contributed by atoms with Gasteiger partial charge in [-0.25, -0.2) is 9.13 Å². The Bertz CT molecular complexity index is 1370. The highest BCUT2D eigenvalue weighted by Gasteiger charge is 2.29. The zero-order chi connectivity index (χ0) is 25.0. The number of fused-ring (bicyclic) bond motifs is 1. The molecule has 2 aromatic carbocycles. The van der Waals surface area contributed by atoms with Gasteiger partial charge in [0.05, 0.1) is 13.2 Å². The SMILES string of the molecule is [2H]C(C)(C)c1cccc(C([2H])(C)C)c1-n1cc[n+](C)c1-n1c(C(C)=CC)cc2cccc(C)c21. The number of aromatic nitrogens is 3. The molecule has 0 unspecified atom stereocenters. The van der Waals surface area contributed by atoms with Crippen LogP contribution in [0.4, 0.5) is 0 Å². The zero-order valence-corrected chi connectivity index (χ0v) is 20.6. The molecule has 0 saturated carbocycles. The number of para-hydroxylation sites is 2. The van der Waals surface area contributed by atoms with Gasteiger partial charge in [-0.05, 0) is 60.9 Å². The van der Waals surface area contributed by atoms with E-state index in [0.717, 1.165) is 28.5 Å². The second-order valence-electron chi connectivity index (χ2n) is 9.13. The average molecular weight is 429 g/mol. The average Bonchev–Trinajstić information content (AvgIpc) is 3.32. The van der Waals surface area contributed by atoms with E-state index in [4.69, 9.17) is 2.74 Å². The second kappa shape index (κ2) is 8.46. The number of benzene rings is 2. The summed E-state index contributed by atoms with van der Waals surface area (Å²) in [6.45, 7) is 14.0. The van der Waals surface area contributed by atoms with Crippen LogP contribution < -0.4 is 4.57 Å². The quantitative estimate of drug-likeness (QED) is 0.298. The van der Waals surface area contributed by atoms with Gasteiger partial charge in [-0.3, -0.25) is 0 Å². The Balaban J connectivity index is 2.20. The predicted molar refractivity (Wildman–Crippen MR) is 136 cm³/mol. The van der Waals surface area contributed by atoms with Crippen molar-refractivity contribution in [2.75, 3.05) is 0 Å². The Morgan fingerprint density at radius 1 is 1.03 bits per heavy atom. The monoisotopic (exact) mass is 428 g/mol. The lowest BCUT2D eigenvalue weighted by Gasteiger charge is -2.19. The van der Waals surface area contributed by atoms with Crippen LogP contribution >= 0.6 is 0 Å². The first-order valence-corrected chi connectivity index (χ1v) is 11.3. The highest BCUT2D eigenvalue weighted by atomic mass is 15.3. The third-order valence-corrected chi connectivity index (χ3v) is 6.39. The first-order valence-electron chi connectivity index (χ1n) is 12.3. The van der Waals surface area contributed by atoms with Gasteiger partial charge in [-0.15, -0.1) is 0 Å². The van der Waals surface area contributed by atoms with E-state index < -0.39 is 11.8 Å². The molecule has 3 nitrogen and oxygen atoms in total. The van der Waals surface area contributed by atoms with Gasteiger partial charge in [0.15, 0.2) is 0 Å². The van der Waals surface area contributed by atoms with Crippen molar-refractivity contribution < 1.29 is 7.31 Å². The Hall–Kier alpha value is -3.07. The zero-order valence-electron chi connectivity index (χ0n) is 22.6. The molecule has 2 heterocycles. The molecule has 0 fully saturated rings. The smallest absolute Gasteiger partial charge is 0.237 e. The molecule has 0 spiro atoms. The van der Waals surface area contributed by atoms with E-state index in [-0.39, 0.29) is 0 Å². The molecule has 0 N–H and O–H groups in total. The fourth-order valence-electron chi connectivity index (χ4n) is 4.60. The summed E-state index contributed by atoms with van der Waals surface area (Å²) >= 11 is 0. The first kappa shape index (κ1) is 19.6. The summed E-state index contributed by atoms with van der Waals surface area (Å²) in [7, 11) is 2.06. The van der Waals surface area contributed by atoms with Crippen molar-refractivity contribution in [2.45, 2.75) is 60.3 Å². The van der Waals surface area contributed by atoms with E-state index in [2.05, 4.69) is 84.3 Å². The molecule has 0 saturated heterocycles. The van der Waals surface area contributed by atoms with E-state index >= 15 is 0 Å². The molecule has 2 aromatic heterocycles. The molecule has 3 heteroatoms. The van der Waals surface area contributed by atoms with E-state index in [1.165, 1.54) is 22.0 Å². The Morgan fingerprint density at radius 3 is 2.25 bits per heavy atom. The minimum Gasteiger partial charge on any atom is -0.237 e. The van der Waals surface area contributed by atoms with Crippen LogP contribution in [0.1, 0.15) is 78.5 Å². The number of aryl methyl sites for hydroxylation is 2. The summed E-state index contributed by atoms with van der Waals surface area (Å²) in [5.74, 6) is -0.677. The first-order chi connectivity index (χ1) is 15.9. The van der Waals surface area contributed by atoms with Gasteiger partial charge in [0.1, 0.15) is 23.1 Å². The molecule has 4 aromatic rings. The molecule has 0 bridgehead atoms. The number of imidazole rings is 1. The van der Waals surface area contributed by atoms with Crippen molar-refractivity contribution in [3.63, 3.8) is 0 Å². The lowest BCUT2D eigenvalue weighted by Crippen LogP contribution is -2.33. The van der Waals surface area contributed by atoms with Gasteiger partial charge in [-0.1, -0.05) is 70.2 Å². The minimum atomic E-state index is -0.826. The molecule has 0 atom stereocenters. The van der Waals surface area contributed by atoms with Crippen molar-refractivity contribution in [3.8, 4) is 11.6 Å². The van der Waals surface area contributed by atoms with Crippen LogP contribution in [0.3, 0.4) is 0 Å². The fraction of sp³-hybridized carbons (Fsp3) is 0.345. The van der Waals surface area contributed by atoms with Crippen LogP contribution in [-0.4, -0.2) is 9.13 Å². The van der Waals surface area contributed by atoms with Gasteiger partial charge in [-0.2, -0.15) is 4.57 Å². The second-order valence-corrected chi connectivity index (χ2v) is 9.13. The number of hydrogen-bond donors (Lipinski definition) is 0. The molecule has 166 valence electrons.